The highest BCUT2D eigenvalue weighted by atomic mass is 16.5. The van der Waals surface area contributed by atoms with Crippen molar-refractivity contribution in [2.45, 2.75) is 19.5 Å². The fraction of sp³-hybridized carbons (Fsp3) is 0.571. The van der Waals surface area contributed by atoms with E-state index in [0.29, 0.717) is 4.74 Å². The van der Waals surface area contributed by atoms with Crippen LogP contribution in [-0.4, -0.2) is 35.0 Å². The summed E-state index contributed by atoms with van der Waals surface area (Å²) in [5.74, 6) is -0.888. The van der Waals surface area contributed by atoms with Gasteiger partial charge in [-0.3, -0.25) is 4.79 Å². The zero-order chi connectivity index (χ0) is 10.2. The van der Waals surface area contributed by atoms with E-state index in [2.05, 4.69) is 4.99 Å². The molecular weight excluding hydrogens is 174 g/mol. The van der Waals surface area contributed by atoms with E-state index < -0.39 is 11.6 Å². The van der Waals surface area contributed by atoms with Crippen molar-refractivity contribution in [3.05, 3.63) is 5.21 Å². The number of rotatable bonds is 1. The van der Waals surface area contributed by atoms with Crippen molar-refractivity contribution in [2.75, 3.05) is 7.11 Å². The lowest BCUT2D eigenvalue weighted by Crippen LogP contribution is -2.33. The first-order chi connectivity index (χ1) is 5.90. The molecule has 72 valence electrons. The third-order valence-electron chi connectivity index (χ3n) is 1.70. The van der Waals surface area contributed by atoms with Crippen LogP contribution < -0.4 is 5.73 Å². The van der Waals surface area contributed by atoms with E-state index in [-0.39, 0.29) is 11.6 Å². The number of hydrogen-bond acceptors (Lipinski definition) is 4. The Balaban J connectivity index is 3.21. The summed E-state index contributed by atoms with van der Waals surface area (Å²) in [4.78, 5) is 14.7. The molecule has 0 saturated heterocycles. The maximum Gasteiger partial charge on any atom is 0.407 e. The van der Waals surface area contributed by atoms with Gasteiger partial charge in [0.1, 0.15) is 0 Å². The fourth-order valence-corrected chi connectivity index (χ4v) is 1.05. The summed E-state index contributed by atoms with van der Waals surface area (Å²) in [6.45, 7) is 3.13. The largest absolute Gasteiger partial charge is 0.619 e. The molecule has 0 aromatic carbocycles. The Kier molecular flexibility index (Phi) is 1.99. The van der Waals surface area contributed by atoms with Crippen LogP contribution in [0.2, 0.25) is 0 Å². The van der Waals surface area contributed by atoms with Crippen molar-refractivity contribution in [2.24, 2.45) is 10.7 Å². The van der Waals surface area contributed by atoms with E-state index in [1.54, 1.807) is 13.8 Å². The second kappa shape index (κ2) is 2.72. The van der Waals surface area contributed by atoms with Gasteiger partial charge in [0, 0.05) is 13.8 Å². The number of hydrogen-bond donors (Lipinski definition) is 1. The molecule has 1 heterocycles. The van der Waals surface area contributed by atoms with Gasteiger partial charge in [0.2, 0.25) is 5.71 Å². The second-order valence-electron chi connectivity index (χ2n) is 3.12. The summed E-state index contributed by atoms with van der Waals surface area (Å²) >= 11 is 0. The van der Waals surface area contributed by atoms with Crippen molar-refractivity contribution in [3.63, 3.8) is 0 Å². The van der Waals surface area contributed by atoms with Crippen LogP contribution in [-0.2, 0) is 9.53 Å². The van der Waals surface area contributed by atoms with Crippen molar-refractivity contribution in [3.8, 4) is 0 Å². The molecule has 0 aliphatic carbocycles. The van der Waals surface area contributed by atoms with E-state index >= 15 is 0 Å². The molecule has 0 saturated carbocycles. The summed E-state index contributed by atoms with van der Waals surface area (Å²) in [7, 11) is 1.29. The molecule has 1 aliphatic heterocycles. The van der Waals surface area contributed by atoms with Crippen molar-refractivity contribution in [1.29, 1.82) is 0 Å². The number of ether oxygens (including phenoxy) is 1. The van der Waals surface area contributed by atoms with Crippen LogP contribution in [0.15, 0.2) is 4.99 Å². The number of nitrogens with two attached hydrogens (primary N) is 1. The van der Waals surface area contributed by atoms with Gasteiger partial charge in [0.05, 0.1) is 7.11 Å². The number of aliphatic imine (C=N–C) groups is 1. The molecule has 0 atom stereocenters. The number of primary amides is 1. The van der Waals surface area contributed by atoms with Gasteiger partial charge in [-0.1, -0.05) is 0 Å². The predicted octanol–water partition coefficient (Wildman–Crippen LogP) is -0.782. The molecule has 6 heteroatoms. The van der Waals surface area contributed by atoms with Crippen LogP contribution in [0.1, 0.15) is 13.8 Å². The molecule has 1 amide bonds. The van der Waals surface area contributed by atoms with E-state index in [1.807, 2.05) is 0 Å². The van der Waals surface area contributed by atoms with Gasteiger partial charge in [-0.2, -0.15) is 4.99 Å². The molecule has 0 aromatic heterocycles. The Bertz CT molecular complexity index is 317. The molecule has 1 rings (SSSR count). The summed E-state index contributed by atoms with van der Waals surface area (Å²) in [6.07, 6.45) is 0. The Morgan fingerprint density at radius 1 is 1.69 bits per heavy atom. The highest BCUT2D eigenvalue weighted by molar-refractivity contribution is 6.64. The maximum atomic E-state index is 11.4. The van der Waals surface area contributed by atoms with Gasteiger partial charge in [-0.25, -0.2) is 0 Å². The summed E-state index contributed by atoms with van der Waals surface area (Å²) < 4.78 is 5.25. The highest BCUT2D eigenvalue weighted by Gasteiger charge is 2.42. The van der Waals surface area contributed by atoms with Crippen LogP contribution in [0, 0.1) is 5.21 Å². The first-order valence-corrected chi connectivity index (χ1v) is 3.68. The number of carbonyl (C=O) groups is 1. The smallest absolute Gasteiger partial charge is 0.407 e. The van der Waals surface area contributed by atoms with Gasteiger partial charge in [0.25, 0.3) is 11.6 Å². The number of hydroxylamine groups is 1. The first kappa shape index (κ1) is 9.50. The first-order valence-electron chi connectivity index (χ1n) is 3.68. The number of amides is 1. The molecular formula is C7H11N3O3. The average Bonchev–Trinajstić information content (AvgIpc) is 2.24. The third kappa shape index (κ3) is 1.34. The quantitative estimate of drug-likeness (QED) is 0.429. The Labute approximate surface area is 75.3 Å². The van der Waals surface area contributed by atoms with Crippen LogP contribution in [0.5, 0.6) is 0 Å². The molecule has 1 aliphatic rings. The Morgan fingerprint density at radius 2 is 2.23 bits per heavy atom. The minimum absolute atomic E-state index is 0.109. The number of nitrogens with zero attached hydrogens (tertiary/aromatic N) is 2. The minimum atomic E-state index is -1.02. The molecule has 2 N–H and O–H groups in total. The zero-order valence-corrected chi connectivity index (χ0v) is 7.70. The van der Waals surface area contributed by atoms with E-state index in [4.69, 9.17) is 10.5 Å². The molecule has 0 fully saturated rings. The van der Waals surface area contributed by atoms with E-state index in [0.717, 1.165) is 0 Å². The maximum absolute atomic E-state index is 11.4. The normalized spacial score (nSPS) is 20.1. The van der Waals surface area contributed by atoms with Crippen LogP contribution in [0.3, 0.4) is 0 Å². The Hall–Kier alpha value is -1.59. The summed E-state index contributed by atoms with van der Waals surface area (Å²) in [5, 5.41) is 11.4. The van der Waals surface area contributed by atoms with Gasteiger partial charge < -0.3 is 15.7 Å². The third-order valence-corrected chi connectivity index (χ3v) is 1.70. The second-order valence-corrected chi connectivity index (χ2v) is 3.12. The zero-order valence-electron chi connectivity index (χ0n) is 7.70. The monoisotopic (exact) mass is 185 g/mol. The molecule has 0 bridgehead atoms. The predicted molar refractivity (Wildman–Crippen MR) is 46.4 cm³/mol. The minimum Gasteiger partial charge on any atom is -0.619 e. The molecule has 0 unspecified atom stereocenters. The van der Waals surface area contributed by atoms with Crippen molar-refractivity contribution < 1.29 is 14.3 Å². The topological polar surface area (TPSA) is 90.8 Å². The van der Waals surface area contributed by atoms with Gasteiger partial charge in [-0.15, -0.1) is 4.74 Å². The van der Waals surface area contributed by atoms with Crippen molar-refractivity contribution in [1.82, 2.24) is 0 Å². The van der Waals surface area contributed by atoms with E-state index in [1.165, 1.54) is 7.11 Å². The number of methoxy groups -OCH3 is 1. The Morgan fingerprint density at radius 3 is 2.54 bits per heavy atom. The molecule has 0 spiro atoms. The average molecular weight is 185 g/mol. The number of carbonyl (C=O) groups excluding carboxylic acids is 1. The fourth-order valence-electron chi connectivity index (χ4n) is 1.05. The van der Waals surface area contributed by atoms with E-state index in [9.17, 15) is 10.0 Å². The lowest BCUT2D eigenvalue weighted by molar-refractivity contribution is -0.539. The standard InChI is InChI=1S/C7H11N3O3/c1-7(2)9-4(5(8)11)6(13-3)10(7)12/h1-3H3,(H2,8,11). The van der Waals surface area contributed by atoms with Gasteiger partial charge in [0.15, 0.2) is 0 Å². The molecule has 13 heavy (non-hydrogen) atoms. The highest BCUT2D eigenvalue weighted by Crippen LogP contribution is 2.17. The lowest BCUT2D eigenvalue weighted by Gasteiger charge is -2.13. The summed E-state index contributed by atoms with van der Waals surface area (Å²) in [5.41, 5.74) is 3.88. The van der Waals surface area contributed by atoms with Crippen LogP contribution in [0.25, 0.3) is 0 Å². The van der Waals surface area contributed by atoms with Crippen molar-refractivity contribution >= 4 is 17.5 Å². The van der Waals surface area contributed by atoms with Crippen LogP contribution in [0.4, 0.5) is 0 Å². The van der Waals surface area contributed by atoms with Gasteiger partial charge in [-0.05, 0) is 0 Å². The lowest BCUT2D eigenvalue weighted by atomic mass is 10.3. The SMILES string of the molecule is COC1=[N+]([O-])C(C)(C)N=C1C(N)=O. The molecule has 0 radical (unpaired) electrons. The summed E-state index contributed by atoms with van der Waals surface area (Å²) in [6, 6.07) is 0. The molecule has 6 nitrogen and oxygen atoms in total. The van der Waals surface area contributed by atoms with Crippen LogP contribution >= 0.6 is 0 Å². The molecule has 0 aromatic rings. The van der Waals surface area contributed by atoms with Gasteiger partial charge >= 0.3 is 5.90 Å².